The van der Waals surface area contributed by atoms with Crippen LogP contribution in [0.2, 0.25) is 0 Å². The second kappa shape index (κ2) is 4.45. The van der Waals surface area contributed by atoms with E-state index >= 15 is 0 Å². The summed E-state index contributed by atoms with van der Waals surface area (Å²) in [5.74, 6) is 4.63. The topological polar surface area (TPSA) is 39.2 Å². The molecule has 78 valence electrons. The Kier molecular flexibility index (Phi) is 2.84. The van der Waals surface area contributed by atoms with Crippen LogP contribution in [-0.2, 0) is 9.53 Å². The first-order chi connectivity index (χ1) is 7.81. The number of nitrogens with zero attached hydrogens (tertiary/aromatic N) is 1. The summed E-state index contributed by atoms with van der Waals surface area (Å²) in [5, 5.41) is 1.98. The van der Waals surface area contributed by atoms with E-state index in [1.165, 1.54) is 7.11 Å². The van der Waals surface area contributed by atoms with Crippen LogP contribution in [0.5, 0.6) is 0 Å². The molecule has 0 saturated heterocycles. The number of pyridine rings is 1. The maximum atomic E-state index is 10.9. The van der Waals surface area contributed by atoms with Crippen molar-refractivity contribution in [3.05, 3.63) is 42.2 Å². The van der Waals surface area contributed by atoms with Gasteiger partial charge in [-0.1, -0.05) is 18.1 Å². The highest BCUT2D eigenvalue weighted by atomic mass is 16.5. The van der Waals surface area contributed by atoms with Gasteiger partial charge in [-0.05, 0) is 17.5 Å². The lowest BCUT2D eigenvalue weighted by Gasteiger charge is -1.98. The van der Waals surface area contributed by atoms with Crippen LogP contribution in [0.3, 0.4) is 0 Å². The summed E-state index contributed by atoms with van der Waals surface area (Å²) in [6, 6.07) is 7.61. The first-order valence-corrected chi connectivity index (χ1v) is 4.74. The summed E-state index contributed by atoms with van der Waals surface area (Å²) >= 11 is 0. The zero-order valence-corrected chi connectivity index (χ0v) is 8.73. The van der Waals surface area contributed by atoms with E-state index in [0.29, 0.717) is 0 Å². The molecule has 0 amide bonds. The second-order valence-corrected chi connectivity index (χ2v) is 3.14. The monoisotopic (exact) mass is 211 g/mol. The van der Waals surface area contributed by atoms with Gasteiger partial charge in [0.2, 0.25) is 0 Å². The van der Waals surface area contributed by atoms with E-state index in [2.05, 4.69) is 21.6 Å². The van der Waals surface area contributed by atoms with Gasteiger partial charge in [-0.15, -0.1) is 0 Å². The molecule has 0 N–H and O–H groups in total. The Hall–Kier alpha value is -2.34. The number of benzene rings is 1. The number of esters is 1. The van der Waals surface area contributed by atoms with Gasteiger partial charge in [-0.3, -0.25) is 4.98 Å². The smallest absolute Gasteiger partial charge is 0.384 e. The SMILES string of the molecule is COC(=O)C#Cc1cccc2ccncc12. The lowest BCUT2D eigenvalue weighted by atomic mass is 10.1. The lowest BCUT2D eigenvalue weighted by Crippen LogP contribution is -1.94. The number of ether oxygens (including phenoxy) is 1. The highest BCUT2D eigenvalue weighted by Crippen LogP contribution is 2.15. The van der Waals surface area contributed by atoms with Gasteiger partial charge in [-0.2, -0.15) is 0 Å². The summed E-state index contributed by atoms with van der Waals surface area (Å²) in [6.07, 6.45) is 3.45. The van der Waals surface area contributed by atoms with Crippen molar-refractivity contribution in [2.24, 2.45) is 0 Å². The molecule has 0 aliphatic heterocycles. The van der Waals surface area contributed by atoms with Crippen molar-refractivity contribution >= 4 is 16.7 Å². The van der Waals surface area contributed by atoms with Gasteiger partial charge < -0.3 is 4.74 Å². The molecule has 3 heteroatoms. The number of hydrogen-bond acceptors (Lipinski definition) is 3. The van der Waals surface area contributed by atoms with E-state index in [-0.39, 0.29) is 0 Å². The average molecular weight is 211 g/mol. The molecule has 1 heterocycles. The molecule has 0 atom stereocenters. The number of hydrogen-bond donors (Lipinski definition) is 0. The van der Waals surface area contributed by atoms with Gasteiger partial charge >= 0.3 is 5.97 Å². The summed E-state index contributed by atoms with van der Waals surface area (Å²) in [4.78, 5) is 14.9. The molecule has 3 nitrogen and oxygen atoms in total. The summed E-state index contributed by atoms with van der Waals surface area (Å²) in [5.41, 5.74) is 0.774. The Morgan fingerprint density at radius 2 is 2.25 bits per heavy atom. The third-order valence-corrected chi connectivity index (χ3v) is 2.17. The molecule has 16 heavy (non-hydrogen) atoms. The Bertz CT molecular complexity index is 588. The molecule has 1 aromatic heterocycles. The predicted octanol–water partition coefficient (Wildman–Crippen LogP) is 1.76. The molecule has 0 saturated carbocycles. The lowest BCUT2D eigenvalue weighted by molar-refractivity contribution is -0.133. The normalized spacial score (nSPS) is 9.31. The zero-order chi connectivity index (χ0) is 11.4. The standard InChI is InChI=1S/C13H9NO2/c1-16-13(15)6-5-10-3-2-4-11-7-8-14-9-12(10)11/h2-4,7-9H,1H3. The van der Waals surface area contributed by atoms with E-state index in [9.17, 15) is 4.79 Å². The second-order valence-electron chi connectivity index (χ2n) is 3.14. The molecule has 0 aliphatic rings. The number of carbonyl (C=O) groups is 1. The van der Waals surface area contributed by atoms with Gasteiger partial charge in [0.1, 0.15) is 0 Å². The summed E-state index contributed by atoms with van der Waals surface area (Å²) in [6.45, 7) is 0. The Balaban J connectivity index is 2.51. The van der Waals surface area contributed by atoms with Crippen molar-refractivity contribution < 1.29 is 9.53 Å². The predicted molar refractivity (Wildman–Crippen MR) is 60.6 cm³/mol. The highest BCUT2D eigenvalue weighted by Gasteiger charge is 1.97. The summed E-state index contributed by atoms with van der Waals surface area (Å²) < 4.78 is 4.46. The van der Waals surface area contributed by atoms with Crippen LogP contribution in [0.15, 0.2) is 36.7 Å². The van der Waals surface area contributed by atoms with Crippen LogP contribution in [0.4, 0.5) is 0 Å². The van der Waals surface area contributed by atoms with Crippen molar-refractivity contribution in [3.63, 3.8) is 0 Å². The van der Waals surface area contributed by atoms with Crippen molar-refractivity contribution in [1.82, 2.24) is 4.98 Å². The van der Waals surface area contributed by atoms with E-state index in [0.717, 1.165) is 16.3 Å². The molecular weight excluding hydrogens is 202 g/mol. The van der Waals surface area contributed by atoms with Crippen molar-refractivity contribution in [3.8, 4) is 11.8 Å². The molecule has 0 unspecified atom stereocenters. The van der Waals surface area contributed by atoms with Crippen molar-refractivity contribution in [2.75, 3.05) is 7.11 Å². The number of aromatic nitrogens is 1. The number of methoxy groups -OCH3 is 1. The van der Waals surface area contributed by atoms with Crippen molar-refractivity contribution in [2.45, 2.75) is 0 Å². The fraction of sp³-hybridized carbons (Fsp3) is 0.0769. The van der Waals surface area contributed by atoms with Gasteiger partial charge in [0.25, 0.3) is 0 Å². The quantitative estimate of drug-likeness (QED) is 0.492. The number of rotatable bonds is 0. The highest BCUT2D eigenvalue weighted by molar-refractivity contribution is 5.92. The molecule has 0 aliphatic carbocycles. The Morgan fingerprint density at radius 3 is 3.06 bits per heavy atom. The molecule has 0 spiro atoms. The molecule has 2 aromatic rings. The minimum absolute atomic E-state index is 0.541. The number of carbonyl (C=O) groups excluding carboxylic acids is 1. The molecule has 1 aromatic carbocycles. The fourth-order valence-electron chi connectivity index (χ4n) is 1.39. The van der Waals surface area contributed by atoms with Crippen LogP contribution in [0, 0.1) is 11.8 Å². The van der Waals surface area contributed by atoms with Crippen LogP contribution in [-0.4, -0.2) is 18.1 Å². The van der Waals surface area contributed by atoms with Crippen LogP contribution < -0.4 is 0 Å². The van der Waals surface area contributed by atoms with Crippen molar-refractivity contribution in [1.29, 1.82) is 0 Å². The average Bonchev–Trinajstić information content (AvgIpc) is 2.35. The van der Waals surface area contributed by atoms with E-state index in [4.69, 9.17) is 0 Å². The maximum Gasteiger partial charge on any atom is 0.384 e. The summed E-state index contributed by atoms with van der Waals surface area (Å²) in [7, 11) is 1.31. The third kappa shape index (κ3) is 2.01. The third-order valence-electron chi connectivity index (χ3n) is 2.17. The van der Waals surface area contributed by atoms with Crippen LogP contribution in [0.25, 0.3) is 10.8 Å². The van der Waals surface area contributed by atoms with Crippen LogP contribution >= 0.6 is 0 Å². The van der Waals surface area contributed by atoms with E-state index in [1.54, 1.807) is 12.4 Å². The van der Waals surface area contributed by atoms with E-state index < -0.39 is 5.97 Å². The minimum Gasteiger partial charge on any atom is -0.459 e. The van der Waals surface area contributed by atoms with Gasteiger partial charge in [0.05, 0.1) is 7.11 Å². The molecule has 0 fully saturated rings. The fourth-order valence-corrected chi connectivity index (χ4v) is 1.39. The van der Waals surface area contributed by atoms with E-state index in [1.807, 2.05) is 24.3 Å². The van der Waals surface area contributed by atoms with Crippen LogP contribution in [0.1, 0.15) is 5.56 Å². The molecule has 0 radical (unpaired) electrons. The van der Waals surface area contributed by atoms with Gasteiger partial charge in [0.15, 0.2) is 0 Å². The Labute approximate surface area is 93.1 Å². The maximum absolute atomic E-state index is 10.9. The largest absolute Gasteiger partial charge is 0.459 e. The minimum atomic E-state index is -0.541. The Morgan fingerprint density at radius 1 is 1.38 bits per heavy atom. The van der Waals surface area contributed by atoms with Gasteiger partial charge in [0, 0.05) is 29.3 Å². The number of fused-ring (bicyclic) bond motifs is 1. The molecule has 0 bridgehead atoms. The first kappa shape index (κ1) is 10.2. The zero-order valence-electron chi connectivity index (χ0n) is 8.73. The van der Waals surface area contributed by atoms with Gasteiger partial charge in [-0.25, -0.2) is 4.79 Å². The molecule has 2 rings (SSSR count). The molecular formula is C13H9NO2. The first-order valence-electron chi connectivity index (χ1n) is 4.74.